The molecule has 2 heterocycles. The SMILES string of the molecule is O=C(COc1ccc(Br)cc1[C@H]1CC(=O)Nc2ncnn21)Nc1cc(Cl)cc(Cl)c1. The number of fused-ring (bicyclic) bond motifs is 1. The van der Waals surface area contributed by atoms with Gasteiger partial charge in [0.1, 0.15) is 12.1 Å². The van der Waals surface area contributed by atoms with E-state index in [1.54, 1.807) is 35.0 Å². The zero-order valence-electron chi connectivity index (χ0n) is 15.2. The fourth-order valence-electron chi connectivity index (χ4n) is 3.12. The van der Waals surface area contributed by atoms with Gasteiger partial charge in [-0.2, -0.15) is 10.1 Å². The van der Waals surface area contributed by atoms with Gasteiger partial charge in [0, 0.05) is 25.8 Å². The Morgan fingerprint density at radius 3 is 2.80 bits per heavy atom. The van der Waals surface area contributed by atoms with Crippen molar-refractivity contribution in [3.63, 3.8) is 0 Å². The standard InChI is InChI=1S/C19H14BrCl2N5O3/c20-10-1-2-16(30-8-18(29)25-13-5-11(21)4-12(22)6-13)14(3-10)15-7-17(28)26-19-23-9-24-27(15)19/h1-6,9,15H,7-8H2,(H,25,29)(H,23,24,26,28)/t15-/m1/s1. The highest BCUT2D eigenvalue weighted by Gasteiger charge is 2.30. The van der Waals surface area contributed by atoms with Crippen LogP contribution in [0.4, 0.5) is 11.6 Å². The molecule has 2 aromatic carbocycles. The van der Waals surface area contributed by atoms with Crippen LogP contribution in [0.3, 0.4) is 0 Å². The molecule has 0 saturated heterocycles. The van der Waals surface area contributed by atoms with Gasteiger partial charge in [0.05, 0.1) is 12.5 Å². The average Bonchev–Trinajstić information content (AvgIpc) is 3.13. The number of ether oxygens (including phenoxy) is 1. The first-order valence-electron chi connectivity index (χ1n) is 8.76. The van der Waals surface area contributed by atoms with E-state index in [2.05, 4.69) is 36.6 Å². The lowest BCUT2D eigenvalue weighted by molar-refractivity contribution is -0.118. The minimum atomic E-state index is -0.418. The van der Waals surface area contributed by atoms with Crippen molar-refractivity contribution in [1.29, 1.82) is 0 Å². The van der Waals surface area contributed by atoms with E-state index in [1.807, 2.05) is 6.07 Å². The van der Waals surface area contributed by atoms with Crippen LogP contribution in [0.5, 0.6) is 5.75 Å². The first kappa shape index (κ1) is 20.6. The number of aromatic nitrogens is 3. The second kappa shape index (κ2) is 8.63. The second-order valence-corrected chi connectivity index (χ2v) is 8.26. The van der Waals surface area contributed by atoms with Crippen molar-refractivity contribution < 1.29 is 14.3 Å². The molecule has 0 radical (unpaired) electrons. The summed E-state index contributed by atoms with van der Waals surface area (Å²) in [6.45, 7) is -0.248. The van der Waals surface area contributed by atoms with E-state index in [-0.39, 0.29) is 24.8 Å². The predicted octanol–water partition coefficient (Wildman–Crippen LogP) is 4.30. The third kappa shape index (κ3) is 4.58. The molecule has 2 N–H and O–H groups in total. The molecule has 11 heteroatoms. The molecule has 30 heavy (non-hydrogen) atoms. The maximum atomic E-state index is 12.3. The van der Waals surface area contributed by atoms with Crippen LogP contribution in [0.15, 0.2) is 47.2 Å². The number of hydrogen-bond donors (Lipinski definition) is 2. The summed E-state index contributed by atoms with van der Waals surface area (Å²) < 4.78 is 8.19. The molecule has 1 aromatic heterocycles. The number of amides is 2. The topological polar surface area (TPSA) is 98.1 Å². The molecule has 0 saturated carbocycles. The van der Waals surface area contributed by atoms with Crippen molar-refractivity contribution in [2.24, 2.45) is 0 Å². The Labute approximate surface area is 189 Å². The molecule has 154 valence electrons. The molecule has 8 nitrogen and oxygen atoms in total. The summed E-state index contributed by atoms with van der Waals surface area (Å²) in [5.74, 6) is 0.253. The lowest BCUT2D eigenvalue weighted by atomic mass is 10.0. The van der Waals surface area contributed by atoms with Crippen LogP contribution >= 0.6 is 39.1 Å². The third-order valence-electron chi connectivity index (χ3n) is 4.33. The Bertz CT molecular complexity index is 1120. The number of anilines is 2. The van der Waals surface area contributed by atoms with E-state index in [0.717, 1.165) is 4.47 Å². The molecule has 1 atom stereocenters. The largest absolute Gasteiger partial charge is 0.483 e. The summed E-state index contributed by atoms with van der Waals surface area (Å²) >= 11 is 15.3. The van der Waals surface area contributed by atoms with Crippen LogP contribution in [-0.2, 0) is 9.59 Å². The Balaban J connectivity index is 1.53. The minimum Gasteiger partial charge on any atom is -0.483 e. The van der Waals surface area contributed by atoms with Crippen LogP contribution in [0.25, 0.3) is 0 Å². The van der Waals surface area contributed by atoms with Crippen LogP contribution in [0.2, 0.25) is 10.0 Å². The Kier molecular flexibility index (Phi) is 5.94. The summed E-state index contributed by atoms with van der Waals surface area (Å²) in [4.78, 5) is 28.5. The molecular formula is C19H14BrCl2N5O3. The van der Waals surface area contributed by atoms with Gasteiger partial charge >= 0.3 is 0 Å². The summed E-state index contributed by atoms with van der Waals surface area (Å²) in [5.41, 5.74) is 1.16. The fraction of sp³-hybridized carbons (Fsp3) is 0.158. The van der Waals surface area contributed by atoms with Crippen molar-refractivity contribution in [3.05, 3.63) is 62.8 Å². The highest BCUT2D eigenvalue weighted by molar-refractivity contribution is 9.10. The maximum absolute atomic E-state index is 12.3. The number of hydrogen-bond acceptors (Lipinski definition) is 5. The summed E-state index contributed by atoms with van der Waals surface area (Å²) in [7, 11) is 0. The van der Waals surface area contributed by atoms with E-state index >= 15 is 0 Å². The van der Waals surface area contributed by atoms with E-state index in [0.29, 0.717) is 33.0 Å². The van der Waals surface area contributed by atoms with E-state index in [1.165, 1.54) is 6.33 Å². The molecule has 0 spiro atoms. The van der Waals surface area contributed by atoms with Gasteiger partial charge < -0.3 is 10.1 Å². The highest BCUT2D eigenvalue weighted by Crippen LogP contribution is 2.36. The van der Waals surface area contributed by atoms with Gasteiger partial charge in [-0.05, 0) is 36.4 Å². The van der Waals surface area contributed by atoms with Crippen LogP contribution in [0, 0.1) is 0 Å². The first-order chi connectivity index (χ1) is 14.4. The number of nitrogens with one attached hydrogen (secondary N) is 2. The van der Waals surface area contributed by atoms with E-state index in [4.69, 9.17) is 27.9 Å². The Hall–Kier alpha value is -2.62. The van der Waals surface area contributed by atoms with Crippen molar-refractivity contribution in [2.45, 2.75) is 12.5 Å². The maximum Gasteiger partial charge on any atom is 0.262 e. The summed E-state index contributed by atoms with van der Waals surface area (Å²) in [6.07, 6.45) is 1.53. The van der Waals surface area contributed by atoms with Crippen molar-refractivity contribution in [1.82, 2.24) is 14.8 Å². The van der Waals surface area contributed by atoms with Gasteiger partial charge in [-0.15, -0.1) is 0 Å². The number of rotatable bonds is 5. The fourth-order valence-corrected chi connectivity index (χ4v) is 4.03. The number of carbonyl (C=O) groups excluding carboxylic acids is 2. The number of nitrogens with zero attached hydrogens (tertiary/aromatic N) is 3. The quantitative estimate of drug-likeness (QED) is 0.533. The molecule has 0 aliphatic carbocycles. The minimum absolute atomic E-state index is 0.163. The number of benzene rings is 2. The van der Waals surface area contributed by atoms with Crippen LogP contribution < -0.4 is 15.4 Å². The van der Waals surface area contributed by atoms with Crippen LogP contribution in [0.1, 0.15) is 18.0 Å². The van der Waals surface area contributed by atoms with Crippen molar-refractivity contribution >= 4 is 62.6 Å². The Morgan fingerprint density at radius 1 is 1.27 bits per heavy atom. The zero-order valence-corrected chi connectivity index (χ0v) is 18.3. The van der Waals surface area contributed by atoms with Gasteiger partial charge in [0.15, 0.2) is 6.61 Å². The van der Waals surface area contributed by atoms with E-state index in [9.17, 15) is 9.59 Å². The molecule has 2 amide bonds. The number of halogens is 3. The molecule has 0 fully saturated rings. The van der Waals surface area contributed by atoms with E-state index < -0.39 is 6.04 Å². The summed E-state index contributed by atoms with van der Waals surface area (Å²) in [6, 6.07) is 9.68. The monoisotopic (exact) mass is 509 g/mol. The third-order valence-corrected chi connectivity index (χ3v) is 5.26. The van der Waals surface area contributed by atoms with Gasteiger partial charge in [-0.1, -0.05) is 39.1 Å². The van der Waals surface area contributed by atoms with Crippen molar-refractivity contribution in [3.8, 4) is 5.75 Å². The molecule has 3 aromatic rings. The van der Waals surface area contributed by atoms with Crippen molar-refractivity contribution in [2.75, 3.05) is 17.2 Å². The van der Waals surface area contributed by atoms with Gasteiger partial charge in [0.25, 0.3) is 5.91 Å². The molecule has 0 bridgehead atoms. The molecule has 0 unspecified atom stereocenters. The summed E-state index contributed by atoms with van der Waals surface area (Å²) in [5, 5.41) is 10.4. The zero-order chi connectivity index (χ0) is 21.3. The average molecular weight is 511 g/mol. The smallest absolute Gasteiger partial charge is 0.262 e. The Morgan fingerprint density at radius 2 is 2.03 bits per heavy atom. The van der Waals surface area contributed by atoms with Gasteiger partial charge in [-0.3, -0.25) is 14.9 Å². The molecule has 4 rings (SSSR count). The lowest BCUT2D eigenvalue weighted by Gasteiger charge is -2.25. The van der Waals surface area contributed by atoms with Crippen LogP contribution in [-0.4, -0.2) is 33.2 Å². The van der Waals surface area contributed by atoms with Gasteiger partial charge in [-0.25, -0.2) is 4.68 Å². The molecule has 1 aliphatic heterocycles. The lowest BCUT2D eigenvalue weighted by Crippen LogP contribution is -2.30. The number of carbonyl (C=O) groups is 2. The molecular weight excluding hydrogens is 497 g/mol. The second-order valence-electron chi connectivity index (χ2n) is 6.47. The highest BCUT2D eigenvalue weighted by atomic mass is 79.9. The molecule has 1 aliphatic rings. The predicted molar refractivity (Wildman–Crippen MR) is 116 cm³/mol. The first-order valence-corrected chi connectivity index (χ1v) is 10.3. The van der Waals surface area contributed by atoms with Gasteiger partial charge in [0.2, 0.25) is 11.9 Å². The normalized spacial score (nSPS) is 15.3.